The fraction of sp³-hybridized carbons (Fsp3) is 0.562. The third-order valence-corrected chi connectivity index (χ3v) is 5.43. The number of carbonyl (C=O) groups is 1. The number of amides is 1. The summed E-state index contributed by atoms with van der Waals surface area (Å²) in [7, 11) is 1.48. The van der Waals surface area contributed by atoms with E-state index in [9.17, 15) is 9.90 Å². The van der Waals surface area contributed by atoms with E-state index in [1.165, 1.54) is 7.11 Å². The first-order chi connectivity index (χ1) is 11.0. The first-order valence-electron chi connectivity index (χ1n) is 7.51. The first-order valence-corrected chi connectivity index (χ1v) is 8.27. The average Bonchev–Trinajstić information content (AvgIpc) is 2.94. The molecule has 0 aromatic heterocycles. The summed E-state index contributed by atoms with van der Waals surface area (Å²) in [6.07, 6.45) is 0.856. The Labute approximate surface area is 145 Å². The molecule has 1 amide bonds. The lowest BCUT2D eigenvalue weighted by Crippen LogP contribution is -2.43. The van der Waals surface area contributed by atoms with E-state index in [1.54, 1.807) is 17.0 Å². The number of aliphatic hydroxyl groups excluding tert-OH is 1. The van der Waals surface area contributed by atoms with Crippen molar-refractivity contribution in [3.05, 3.63) is 27.7 Å². The maximum absolute atomic E-state index is 12.8. The summed E-state index contributed by atoms with van der Waals surface area (Å²) in [5.41, 5.74) is 0.0713. The van der Waals surface area contributed by atoms with Crippen molar-refractivity contribution < 1.29 is 19.4 Å². The molecule has 0 bridgehead atoms. The molecule has 2 fully saturated rings. The van der Waals surface area contributed by atoms with Crippen LogP contribution < -0.4 is 4.74 Å². The Balaban J connectivity index is 1.84. The molecule has 5 nitrogen and oxygen atoms in total. The normalized spacial score (nSPS) is 27.0. The van der Waals surface area contributed by atoms with Crippen LogP contribution in [0.2, 0.25) is 10.0 Å². The van der Waals surface area contributed by atoms with Crippen LogP contribution in [0.25, 0.3) is 0 Å². The van der Waals surface area contributed by atoms with Gasteiger partial charge in [0.15, 0.2) is 5.75 Å². The van der Waals surface area contributed by atoms with Crippen LogP contribution in [-0.4, -0.2) is 55.9 Å². The van der Waals surface area contributed by atoms with Crippen LogP contribution >= 0.6 is 23.2 Å². The van der Waals surface area contributed by atoms with Crippen LogP contribution in [0, 0.1) is 11.3 Å². The quantitative estimate of drug-likeness (QED) is 0.900. The molecule has 0 saturated carbocycles. The lowest BCUT2D eigenvalue weighted by Gasteiger charge is -2.36. The molecule has 0 aliphatic carbocycles. The Bertz CT molecular complexity index is 601. The van der Waals surface area contributed by atoms with Crippen molar-refractivity contribution in [1.82, 2.24) is 4.90 Å². The number of carbonyl (C=O) groups excluding carboxylic acids is 1. The molecule has 2 aliphatic heterocycles. The van der Waals surface area contributed by atoms with E-state index in [1.807, 2.05) is 0 Å². The van der Waals surface area contributed by atoms with Gasteiger partial charge in [0.25, 0.3) is 5.91 Å². The fourth-order valence-electron chi connectivity index (χ4n) is 3.54. The highest BCUT2D eigenvalue weighted by Gasteiger charge is 2.49. The van der Waals surface area contributed by atoms with E-state index in [0.717, 1.165) is 6.42 Å². The van der Waals surface area contributed by atoms with Gasteiger partial charge in [-0.1, -0.05) is 23.2 Å². The third kappa shape index (κ3) is 2.91. The standard InChI is InChI=1S/C16H19Cl2NO4/c1-22-14-12(17)4-10(5-13(14)18)15(21)19-6-11-2-3-23-9-16(11,7-19)8-20/h4-5,11,20H,2-3,6-9H2,1H3/t11-,16+/m0/s1. The maximum Gasteiger partial charge on any atom is 0.253 e. The SMILES string of the molecule is COc1c(Cl)cc(C(=O)N2C[C@@H]3CCOC[C@]3(CO)C2)cc1Cl. The number of methoxy groups -OCH3 is 1. The zero-order valence-electron chi connectivity index (χ0n) is 12.8. The lowest BCUT2D eigenvalue weighted by atomic mass is 9.76. The van der Waals surface area contributed by atoms with Crippen LogP contribution in [0.1, 0.15) is 16.8 Å². The molecule has 23 heavy (non-hydrogen) atoms. The molecule has 126 valence electrons. The van der Waals surface area contributed by atoms with Crippen LogP contribution in [0.4, 0.5) is 0 Å². The number of nitrogens with zero attached hydrogens (tertiary/aromatic N) is 1. The van der Waals surface area contributed by atoms with Crippen molar-refractivity contribution in [2.24, 2.45) is 11.3 Å². The smallest absolute Gasteiger partial charge is 0.253 e. The molecule has 2 aliphatic rings. The molecule has 0 unspecified atom stereocenters. The molecule has 2 heterocycles. The summed E-state index contributed by atoms with van der Waals surface area (Å²) in [5.74, 6) is 0.480. The molecule has 2 saturated heterocycles. The number of ether oxygens (including phenoxy) is 2. The minimum absolute atomic E-state index is 0.0194. The molecule has 0 radical (unpaired) electrons. The molecule has 1 N–H and O–H groups in total. The second kappa shape index (κ2) is 6.48. The lowest BCUT2D eigenvalue weighted by molar-refractivity contribution is -0.0556. The Hall–Kier alpha value is -1.01. The predicted octanol–water partition coefficient (Wildman–Crippen LogP) is 2.47. The average molecular weight is 360 g/mol. The van der Waals surface area contributed by atoms with Crippen molar-refractivity contribution in [2.45, 2.75) is 6.42 Å². The zero-order chi connectivity index (χ0) is 16.6. The summed E-state index contributed by atoms with van der Waals surface area (Å²) in [6, 6.07) is 3.14. The first kappa shape index (κ1) is 16.8. The number of rotatable bonds is 3. The number of likely N-dealkylation sites (tertiary alicyclic amines) is 1. The number of hydrogen-bond acceptors (Lipinski definition) is 4. The van der Waals surface area contributed by atoms with Gasteiger partial charge in [-0.05, 0) is 24.5 Å². The third-order valence-electron chi connectivity index (χ3n) is 4.86. The summed E-state index contributed by atoms with van der Waals surface area (Å²) in [5, 5.41) is 10.4. The van der Waals surface area contributed by atoms with Gasteiger partial charge in [-0.3, -0.25) is 4.79 Å². The Morgan fingerprint density at radius 1 is 1.48 bits per heavy atom. The molecule has 1 aromatic carbocycles. The van der Waals surface area contributed by atoms with Crippen LogP contribution in [0.15, 0.2) is 12.1 Å². The van der Waals surface area contributed by atoms with Gasteiger partial charge >= 0.3 is 0 Å². The number of fused-ring (bicyclic) bond motifs is 1. The summed E-state index contributed by atoms with van der Waals surface area (Å²) in [6.45, 7) is 2.28. The monoisotopic (exact) mass is 359 g/mol. The van der Waals surface area contributed by atoms with Gasteiger partial charge in [0.1, 0.15) is 0 Å². The molecule has 0 spiro atoms. The van der Waals surface area contributed by atoms with E-state index in [-0.39, 0.29) is 23.8 Å². The van der Waals surface area contributed by atoms with Crippen LogP contribution in [0.3, 0.4) is 0 Å². The second-order valence-corrected chi connectivity index (χ2v) is 7.03. The highest BCUT2D eigenvalue weighted by molar-refractivity contribution is 6.37. The van der Waals surface area contributed by atoms with E-state index < -0.39 is 0 Å². The maximum atomic E-state index is 12.8. The van der Waals surface area contributed by atoms with Crippen molar-refractivity contribution in [2.75, 3.05) is 40.0 Å². The van der Waals surface area contributed by atoms with Crippen LogP contribution in [0.5, 0.6) is 5.75 Å². The predicted molar refractivity (Wildman–Crippen MR) is 87.4 cm³/mol. The summed E-state index contributed by atoms with van der Waals surface area (Å²) < 4.78 is 10.6. The number of aliphatic hydroxyl groups is 1. The number of halogens is 2. The molecular formula is C16H19Cl2NO4. The fourth-order valence-corrected chi connectivity index (χ4v) is 4.18. The molecule has 3 rings (SSSR count). The minimum Gasteiger partial charge on any atom is -0.494 e. The highest BCUT2D eigenvalue weighted by atomic mass is 35.5. The second-order valence-electron chi connectivity index (χ2n) is 6.22. The van der Waals surface area contributed by atoms with Gasteiger partial charge in [-0.15, -0.1) is 0 Å². The molecular weight excluding hydrogens is 341 g/mol. The summed E-state index contributed by atoms with van der Waals surface area (Å²) >= 11 is 12.2. The Morgan fingerprint density at radius 2 is 2.17 bits per heavy atom. The molecule has 1 aromatic rings. The Kier molecular flexibility index (Phi) is 4.74. The minimum atomic E-state index is -0.353. The van der Waals surface area contributed by atoms with Gasteiger partial charge in [0.05, 0.1) is 30.4 Å². The van der Waals surface area contributed by atoms with Crippen LogP contribution in [-0.2, 0) is 4.74 Å². The summed E-state index contributed by atoms with van der Waals surface area (Å²) in [4.78, 5) is 14.6. The molecule has 2 atom stereocenters. The zero-order valence-corrected chi connectivity index (χ0v) is 14.4. The van der Waals surface area contributed by atoms with Crippen molar-refractivity contribution in [3.8, 4) is 5.75 Å². The van der Waals surface area contributed by atoms with E-state index >= 15 is 0 Å². The number of benzene rings is 1. The largest absolute Gasteiger partial charge is 0.494 e. The number of hydrogen-bond donors (Lipinski definition) is 1. The van der Waals surface area contributed by atoms with Gasteiger partial charge in [-0.2, -0.15) is 0 Å². The van der Waals surface area contributed by atoms with Gasteiger partial charge in [0.2, 0.25) is 0 Å². The van der Waals surface area contributed by atoms with Gasteiger partial charge in [0, 0.05) is 30.7 Å². The van der Waals surface area contributed by atoms with E-state index in [2.05, 4.69) is 0 Å². The van der Waals surface area contributed by atoms with E-state index in [4.69, 9.17) is 32.7 Å². The molecule has 7 heteroatoms. The van der Waals surface area contributed by atoms with E-state index in [0.29, 0.717) is 47.7 Å². The van der Waals surface area contributed by atoms with Crippen molar-refractivity contribution in [3.63, 3.8) is 0 Å². The Morgan fingerprint density at radius 3 is 2.74 bits per heavy atom. The van der Waals surface area contributed by atoms with Gasteiger partial charge < -0.3 is 19.5 Å². The highest BCUT2D eigenvalue weighted by Crippen LogP contribution is 2.42. The van der Waals surface area contributed by atoms with Gasteiger partial charge in [-0.25, -0.2) is 0 Å². The van der Waals surface area contributed by atoms with Crippen molar-refractivity contribution in [1.29, 1.82) is 0 Å². The topological polar surface area (TPSA) is 59.0 Å². The van der Waals surface area contributed by atoms with Crippen molar-refractivity contribution >= 4 is 29.1 Å².